The second-order valence-corrected chi connectivity index (χ2v) is 7.34. The number of benzene rings is 1. The molecule has 0 spiro atoms. The van der Waals surface area contributed by atoms with Crippen LogP contribution < -0.4 is 9.47 Å². The SMILES string of the molecule is CCOC(=O)COc1c(Cl)cc(C=C2SC(=O)N(C(C)CC)C2=O)cc1OC. The van der Waals surface area contributed by atoms with Crippen molar-refractivity contribution in [1.82, 2.24) is 4.90 Å². The minimum absolute atomic E-state index is 0.171. The zero-order valence-corrected chi connectivity index (χ0v) is 17.7. The molecule has 1 saturated heterocycles. The van der Waals surface area contributed by atoms with Gasteiger partial charge in [0.15, 0.2) is 18.1 Å². The molecule has 1 aromatic carbocycles. The first-order valence-corrected chi connectivity index (χ1v) is 9.94. The molecule has 9 heteroatoms. The van der Waals surface area contributed by atoms with E-state index in [0.29, 0.717) is 22.6 Å². The molecule has 152 valence electrons. The monoisotopic (exact) mass is 427 g/mol. The summed E-state index contributed by atoms with van der Waals surface area (Å²) in [6, 6.07) is 3.01. The highest BCUT2D eigenvalue weighted by Crippen LogP contribution is 2.39. The largest absolute Gasteiger partial charge is 0.493 e. The number of carbonyl (C=O) groups is 3. The lowest BCUT2D eigenvalue weighted by atomic mass is 10.1. The number of hydrogen-bond acceptors (Lipinski definition) is 7. The first kappa shape index (κ1) is 22.1. The molecule has 1 unspecified atom stereocenters. The van der Waals surface area contributed by atoms with Crippen molar-refractivity contribution in [1.29, 1.82) is 0 Å². The number of halogens is 1. The number of amides is 2. The fraction of sp³-hybridized carbons (Fsp3) is 0.421. The highest BCUT2D eigenvalue weighted by Gasteiger charge is 2.37. The highest BCUT2D eigenvalue weighted by atomic mass is 35.5. The van der Waals surface area contributed by atoms with Crippen LogP contribution in [0.1, 0.15) is 32.8 Å². The van der Waals surface area contributed by atoms with E-state index in [1.807, 2.05) is 13.8 Å². The number of thioether (sulfide) groups is 1. The topological polar surface area (TPSA) is 82.1 Å². The third-order valence-electron chi connectivity index (χ3n) is 4.04. The number of methoxy groups -OCH3 is 1. The lowest BCUT2D eigenvalue weighted by molar-refractivity contribution is -0.145. The summed E-state index contributed by atoms with van der Waals surface area (Å²) < 4.78 is 15.5. The number of carbonyl (C=O) groups excluding carboxylic acids is 3. The standard InChI is InChI=1S/C19H22ClNO6S/c1-5-11(3)21-18(23)15(28-19(21)24)9-12-7-13(20)17(14(8-12)25-4)27-10-16(22)26-6-2/h7-9,11H,5-6,10H2,1-4H3. The Morgan fingerprint density at radius 2 is 2.04 bits per heavy atom. The number of ether oxygens (including phenoxy) is 3. The summed E-state index contributed by atoms with van der Waals surface area (Å²) in [5.41, 5.74) is 0.569. The number of rotatable bonds is 8. The lowest BCUT2D eigenvalue weighted by Crippen LogP contribution is -2.36. The Labute approximate surface area is 172 Å². The predicted molar refractivity (Wildman–Crippen MR) is 108 cm³/mol. The second kappa shape index (κ2) is 9.84. The Morgan fingerprint density at radius 3 is 2.64 bits per heavy atom. The van der Waals surface area contributed by atoms with E-state index in [-0.39, 0.29) is 41.2 Å². The summed E-state index contributed by atoms with van der Waals surface area (Å²) in [6.45, 7) is 5.38. The van der Waals surface area contributed by atoms with Crippen molar-refractivity contribution in [3.05, 3.63) is 27.6 Å². The van der Waals surface area contributed by atoms with Crippen molar-refractivity contribution in [3.8, 4) is 11.5 Å². The van der Waals surface area contributed by atoms with Gasteiger partial charge in [-0.1, -0.05) is 18.5 Å². The molecule has 1 heterocycles. The molecule has 0 radical (unpaired) electrons. The number of nitrogens with zero attached hydrogens (tertiary/aromatic N) is 1. The van der Waals surface area contributed by atoms with E-state index in [0.717, 1.165) is 11.8 Å². The van der Waals surface area contributed by atoms with E-state index in [2.05, 4.69) is 0 Å². The molecule has 28 heavy (non-hydrogen) atoms. The molecule has 0 bridgehead atoms. The summed E-state index contributed by atoms with van der Waals surface area (Å²) in [7, 11) is 1.43. The fourth-order valence-corrected chi connectivity index (χ4v) is 3.69. The van der Waals surface area contributed by atoms with E-state index < -0.39 is 5.97 Å². The molecular formula is C19H22ClNO6S. The van der Waals surface area contributed by atoms with Gasteiger partial charge >= 0.3 is 5.97 Å². The first-order valence-electron chi connectivity index (χ1n) is 8.75. The molecule has 1 atom stereocenters. The molecule has 0 aromatic heterocycles. The Balaban J connectivity index is 2.27. The van der Waals surface area contributed by atoms with Gasteiger partial charge in [0.1, 0.15) is 0 Å². The van der Waals surface area contributed by atoms with Gasteiger partial charge in [0.2, 0.25) is 0 Å². The quantitative estimate of drug-likeness (QED) is 0.455. The van der Waals surface area contributed by atoms with Crippen molar-refractivity contribution >= 4 is 46.6 Å². The maximum Gasteiger partial charge on any atom is 0.344 e. The minimum Gasteiger partial charge on any atom is -0.493 e. The van der Waals surface area contributed by atoms with Crippen LogP contribution in [0.25, 0.3) is 6.08 Å². The van der Waals surface area contributed by atoms with Crippen molar-refractivity contribution < 1.29 is 28.6 Å². The molecule has 0 saturated carbocycles. The predicted octanol–water partition coefficient (Wildman–Crippen LogP) is 4.13. The van der Waals surface area contributed by atoms with E-state index >= 15 is 0 Å². The Kier molecular flexibility index (Phi) is 7.77. The van der Waals surface area contributed by atoms with Gasteiger partial charge in [0.05, 0.1) is 23.6 Å². The molecule has 7 nitrogen and oxygen atoms in total. The Hall–Kier alpha value is -2.19. The van der Waals surface area contributed by atoms with Gasteiger partial charge in [0, 0.05) is 6.04 Å². The highest BCUT2D eigenvalue weighted by molar-refractivity contribution is 8.18. The van der Waals surface area contributed by atoms with Gasteiger partial charge in [-0.15, -0.1) is 0 Å². The van der Waals surface area contributed by atoms with E-state index in [4.69, 9.17) is 25.8 Å². The fourth-order valence-electron chi connectivity index (χ4n) is 2.49. The summed E-state index contributed by atoms with van der Waals surface area (Å²) in [6.07, 6.45) is 2.26. The third-order valence-corrected chi connectivity index (χ3v) is 5.21. The van der Waals surface area contributed by atoms with Crippen LogP contribution in [0, 0.1) is 0 Å². The molecule has 0 N–H and O–H groups in total. The van der Waals surface area contributed by atoms with Crippen molar-refractivity contribution in [2.24, 2.45) is 0 Å². The van der Waals surface area contributed by atoms with Crippen LogP contribution in [-0.2, 0) is 14.3 Å². The minimum atomic E-state index is -0.525. The normalized spacial score (nSPS) is 16.5. The molecule has 1 aliphatic heterocycles. The maximum absolute atomic E-state index is 12.5. The number of hydrogen-bond donors (Lipinski definition) is 0. The molecule has 2 rings (SSSR count). The van der Waals surface area contributed by atoms with Crippen LogP contribution in [-0.4, -0.2) is 48.4 Å². The average molecular weight is 428 g/mol. The number of esters is 1. The van der Waals surface area contributed by atoms with Crippen molar-refractivity contribution in [2.45, 2.75) is 33.2 Å². The first-order chi connectivity index (χ1) is 13.3. The summed E-state index contributed by atoms with van der Waals surface area (Å²) in [5.74, 6) is -0.364. The van der Waals surface area contributed by atoms with Crippen LogP contribution in [0.15, 0.2) is 17.0 Å². The van der Waals surface area contributed by atoms with Gasteiger partial charge < -0.3 is 14.2 Å². The average Bonchev–Trinajstić information content (AvgIpc) is 2.93. The van der Waals surface area contributed by atoms with E-state index in [9.17, 15) is 14.4 Å². The molecule has 0 aliphatic carbocycles. The van der Waals surface area contributed by atoms with Gasteiger partial charge in [-0.2, -0.15) is 0 Å². The summed E-state index contributed by atoms with van der Waals surface area (Å²) in [5, 5.41) is -0.0888. The maximum atomic E-state index is 12.5. The van der Waals surface area contributed by atoms with E-state index in [1.54, 1.807) is 25.1 Å². The molecule has 1 aliphatic rings. The molecular weight excluding hydrogens is 406 g/mol. The van der Waals surface area contributed by atoms with Crippen molar-refractivity contribution in [2.75, 3.05) is 20.3 Å². The van der Waals surface area contributed by atoms with Crippen LogP contribution in [0.4, 0.5) is 4.79 Å². The summed E-state index contributed by atoms with van der Waals surface area (Å²) >= 11 is 7.16. The van der Waals surface area contributed by atoms with Crippen LogP contribution in [0.2, 0.25) is 5.02 Å². The van der Waals surface area contributed by atoms with E-state index in [1.165, 1.54) is 12.0 Å². The summed E-state index contributed by atoms with van der Waals surface area (Å²) in [4.78, 5) is 37.7. The second-order valence-electron chi connectivity index (χ2n) is 5.94. The van der Waals surface area contributed by atoms with Gasteiger partial charge in [-0.3, -0.25) is 14.5 Å². The lowest BCUT2D eigenvalue weighted by Gasteiger charge is -2.19. The molecule has 1 aromatic rings. The molecule has 2 amide bonds. The Morgan fingerprint density at radius 1 is 1.32 bits per heavy atom. The number of imide groups is 1. The van der Waals surface area contributed by atoms with Crippen LogP contribution in [0.3, 0.4) is 0 Å². The molecule has 1 fully saturated rings. The van der Waals surface area contributed by atoms with Crippen molar-refractivity contribution in [3.63, 3.8) is 0 Å². The smallest absolute Gasteiger partial charge is 0.344 e. The third kappa shape index (κ3) is 4.99. The van der Waals surface area contributed by atoms with Gasteiger partial charge in [-0.05, 0) is 55.8 Å². The van der Waals surface area contributed by atoms with Gasteiger partial charge in [-0.25, -0.2) is 4.79 Å². The van der Waals surface area contributed by atoms with Gasteiger partial charge in [0.25, 0.3) is 11.1 Å². The van der Waals surface area contributed by atoms with Crippen LogP contribution >= 0.6 is 23.4 Å². The zero-order chi connectivity index (χ0) is 20.8. The zero-order valence-electron chi connectivity index (χ0n) is 16.1. The van der Waals surface area contributed by atoms with Crippen LogP contribution in [0.5, 0.6) is 11.5 Å². The Bertz CT molecular complexity index is 810.